The van der Waals surface area contributed by atoms with Crippen molar-refractivity contribution >= 4 is 79.1 Å². The van der Waals surface area contributed by atoms with Crippen LogP contribution < -0.4 is 10.7 Å². The van der Waals surface area contributed by atoms with Gasteiger partial charge in [-0.25, -0.2) is 4.79 Å². The smallest absolute Gasteiger partial charge is 0.352 e. The molecule has 14 heteroatoms. The fourth-order valence-electron chi connectivity index (χ4n) is 4.05. The van der Waals surface area contributed by atoms with E-state index in [-0.39, 0.29) is 29.1 Å². The summed E-state index contributed by atoms with van der Waals surface area (Å²) in [6.45, 7) is 0. The normalized spacial score (nSPS) is 18.9. The summed E-state index contributed by atoms with van der Waals surface area (Å²) >= 11 is 4.62. The topological polar surface area (TPSA) is 147 Å². The average molecular weight is 588 g/mol. The van der Waals surface area contributed by atoms with Crippen LogP contribution in [0.3, 0.4) is 0 Å². The van der Waals surface area contributed by atoms with Gasteiger partial charge in [-0.05, 0) is 22.6 Å². The Hall–Kier alpha value is -3.46. The summed E-state index contributed by atoms with van der Waals surface area (Å²) in [4.78, 5) is 61.6. The number of β-lactam (4-membered cyclic amide) rings is 1. The van der Waals surface area contributed by atoms with E-state index < -0.39 is 28.2 Å². The molecule has 0 saturated carbocycles. The molecule has 1 unspecified atom stereocenters. The molecule has 4 heterocycles. The predicted molar refractivity (Wildman–Crippen MR) is 147 cm³/mol. The molecule has 1 aromatic carbocycles. The number of carboxylic acids is 1. The molecule has 0 radical (unpaired) electrons. The van der Waals surface area contributed by atoms with Gasteiger partial charge in [-0.15, -0.1) is 34.4 Å². The lowest BCUT2D eigenvalue weighted by Gasteiger charge is -2.49. The number of nitrogens with one attached hydrogen (secondary N) is 1. The minimum atomic E-state index is -1.26. The molecule has 5 rings (SSSR count). The van der Waals surface area contributed by atoms with E-state index in [0.29, 0.717) is 24.9 Å². The molecule has 0 bridgehead atoms. The first-order valence-corrected chi connectivity index (χ1v) is 14.6. The number of thioether (sulfide) groups is 2. The third kappa shape index (κ3) is 4.99. The number of hydrogen-bond acceptors (Lipinski definition) is 10. The number of thiophene rings is 1. The third-order valence-electron chi connectivity index (χ3n) is 5.78. The number of amides is 2. The number of nitro groups is 1. The summed E-state index contributed by atoms with van der Waals surface area (Å²) in [6, 6.07) is 9.68. The molecule has 2 aliphatic rings. The summed E-state index contributed by atoms with van der Waals surface area (Å²) in [5.74, 6) is -1.78. The SMILES string of the molecule is O=C(Cc1ccccc1)NC1C(=O)N2C(C(=O)O)=C(C=CSc3cc(=O)c4scc([N+](=O)[O-])c4s3)CS[C@H]12. The zero-order valence-electron chi connectivity index (χ0n) is 19.2. The second kappa shape index (κ2) is 10.7. The number of fused-ring (bicyclic) bond motifs is 2. The zero-order valence-corrected chi connectivity index (χ0v) is 22.5. The number of carboxylic acid groups (broad SMARTS) is 1. The van der Waals surface area contributed by atoms with Gasteiger partial charge >= 0.3 is 5.97 Å². The van der Waals surface area contributed by atoms with Gasteiger partial charge in [0.05, 0.1) is 25.6 Å². The van der Waals surface area contributed by atoms with Crippen molar-refractivity contribution in [1.82, 2.24) is 10.2 Å². The lowest BCUT2D eigenvalue weighted by atomic mass is 10.0. The summed E-state index contributed by atoms with van der Waals surface area (Å²) in [6.07, 6.45) is 1.68. The van der Waals surface area contributed by atoms with Crippen molar-refractivity contribution in [3.63, 3.8) is 0 Å². The molecule has 0 spiro atoms. The van der Waals surface area contributed by atoms with Gasteiger partial charge in [-0.2, -0.15) is 0 Å². The fraction of sp³-hybridized carbons (Fsp3) is 0.167. The van der Waals surface area contributed by atoms with Crippen molar-refractivity contribution in [3.05, 3.63) is 90.4 Å². The largest absolute Gasteiger partial charge is 0.477 e. The molecule has 1 fully saturated rings. The van der Waals surface area contributed by atoms with Crippen LogP contribution in [-0.4, -0.2) is 49.9 Å². The first-order valence-electron chi connectivity index (χ1n) is 11.0. The van der Waals surface area contributed by atoms with Crippen LogP contribution in [0.2, 0.25) is 0 Å². The Bertz CT molecular complexity index is 1600. The number of nitrogens with zero attached hydrogens (tertiary/aromatic N) is 2. The molecule has 2 aliphatic heterocycles. The molecule has 2 amide bonds. The van der Waals surface area contributed by atoms with Crippen molar-refractivity contribution in [2.75, 3.05) is 5.75 Å². The number of aliphatic carboxylic acids is 1. The standard InChI is InChI=1S/C24H17N3O7S4/c28-15-9-17(38-20-14(27(33)34)11-36-21(15)20)35-7-6-13-10-37-23-18(22(30)26(23)19(13)24(31)32)25-16(29)8-12-4-2-1-3-5-12/h1-7,9,11,18,23H,8,10H2,(H,25,29)(H,31,32)/t18?,23-/m1/s1. The van der Waals surface area contributed by atoms with Crippen LogP contribution in [0, 0.1) is 10.1 Å². The van der Waals surface area contributed by atoms with Crippen LogP contribution in [0.25, 0.3) is 9.40 Å². The molecule has 2 aromatic heterocycles. The van der Waals surface area contributed by atoms with E-state index >= 15 is 0 Å². The van der Waals surface area contributed by atoms with Gasteiger partial charge in [0.15, 0.2) is 5.43 Å². The molecule has 2 N–H and O–H groups in total. The van der Waals surface area contributed by atoms with E-state index in [1.807, 2.05) is 30.3 Å². The Balaban J connectivity index is 1.30. The number of carbonyl (C=O) groups excluding carboxylic acids is 2. The van der Waals surface area contributed by atoms with E-state index in [1.165, 1.54) is 28.1 Å². The van der Waals surface area contributed by atoms with Crippen molar-refractivity contribution in [2.24, 2.45) is 0 Å². The number of allylic oxidation sites excluding steroid dienone is 1. The minimum Gasteiger partial charge on any atom is -0.477 e. The Kier molecular flexibility index (Phi) is 7.38. The average Bonchev–Trinajstić information content (AvgIpc) is 3.32. The molecule has 10 nitrogen and oxygen atoms in total. The maximum Gasteiger partial charge on any atom is 0.352 e. The zero-order chi connectivity index (χ0) is 27.0. The molecular weight excluding hydrogens is 571 g/mol. The first-order chi connectivity index (χ1) is 18.2. The molecule has 38 heavy (non-hydrogen) atoms. The number of rotatable bonds is 8. The van der Waals surface area contributed by atoms with Crippen molar-refractivity contribution in [1.29, 1.82) is 0 Å². The van der Waals surface area contributed by atoms with Gasteiger partial charge in [0.2, 0.25) is 5.91 Å². The quantitative estimate of drug-likeness (QED) is 0.174. The van der Waals surface area contributed by atoms with Gasteiger partial charge in [0.1, 0.15) is 21.8 Å². The highest BCUT2D eigenvalue weighted by molar-refractivity contribution is 8.04. The van der Waals surface area contributed by atoms with Crippen LogP contribution in [0.15, 0.2) is 73.5 Å². The van der Waals surface area contributed by atoms with Crippen LogP contribution in [-0.2, 0) is 20.8 Å². The van der Waals surface area contributed by atoms with Gasteiger partial charge < -0.3 is 10.4 Å². The lowest BCUT2D eigenvalue weighted by Crippen LogP contribution is -2.70. The Labute approximate surface area is 231 Å². The number of carbonyl (C=O) groups is 3. The Morgan fingerprint density at radius 1 is 1.24 bits per heavy atom. The van der Waals surface area contributed by atoms with Gasteiger partial charge in [-0.1, -0.05) is 42.1 Å². The van der Waals surface area contributed by atoms with Crippen molar-refractivity contribution in [3.8, 4) is 0 Å². The van der Waals surface area contributed by atoms with Gasteiger partial charge in [-0.3, -0.25) is 29.4 Å². The highest BCUT2D eigenvalue weighted by Crippen LogP contribution is 2.41. The Morgan fingerprint density at radius 3 is 2.71 bits per heavy atom. The van der Waals surface area contributed by atoms with Crippen LogP contribution in [0.5, 0.6) is 0 Å². The van der Waals surface area contributed by atoms with Gasteiger partial charge in [0.25, 0.3) is 11.6 Å². The molecular formula is C24H17N3O7S4. The fourth-order valence-corrected chi connectivity index (χ4v) is 8.49. The lowest BCUT2D eigenvalue weighted by molar-refractivity contribution is -0.382. The molecule has 3 aromatic rings. The van der Waals surface area contributed by atoms with E-state index in [9.17, 15) is 34.4 Å². The van der Waals surface area contributed by atoms with E-state index in [2.05, 4.69) is 5.32 Å². The third-order valence-corrected chi connectivity index (χ3v) is 10.3. The maximum absolute atomic E-state index is 12.8. The van der Waals surface area contributed by atoms with Crippen LogP contribution in [0.1, 0.15) is 5.56 Å². The monoisotopic (exact) mass is 587 g/mol. The minimum absolute atomic E-state index is 0.112. The molecule has 194 valence electrons. The summed E-state index contributed by atoms with van der Waals surface area (Å²) in [5.41, 5.74) is 0.621. The maximum atomic E-state index is 12.8. The molecule has 1 saturated heterocycles. The van der Waals surface area contributed by atoms with E-state index in [0.717, 1.165) is 40.0 Å². The number of benzene rings is 1. The second-order valence-corrected chi connectivity index (χ2v) is 12.4. The second-order valence-electron chi connectivity index (χ2n) is 8.18. The predicted octanol–water partition coefficient (Wildman–Crippen LogP) is 3.82. The highest BCUT2D eigenvalue weighted by Gasteiger charge is 2.53. The van der Waals surface area contributed by atoms with E-state index in [1.54, 1.807) is 11.5 Å². The van der Waals surface area contributed by atoms with E-state index in [4.69, 9.17) is 0 Å². The van der Waals surface area contributed by atoms with Crippen molar-refractivity contribution in [2.45, 2.75) is 22.0 Å². The molecule has 2 atom stereocenters. The highest BCUT2D eigenvalue weighted by atomic mass is 32.2. The summed E-state index contributed by atoms with van der Waals surface area (Å²) in [5, 5.41) is 26.2. The first kappa shape index (κ1) is 26.2. The Morgan fingerprint density at radius 2 is 2.00 bits per heavy atom. The van der Waals surface area contributed by atoms with Crippen LogP contribution in [0.4, 0.5) is 5.69 Å². The molecule has 0 aliphatic carbocycles. The van der Waals surface area contributed by atoms with Gasteiger partial charge in [0, 0.05) is 11.8 Å². The number of hydrogen-bond donors (Lipinski definition) is 2. The summed E-state index contributed by atoms with van der Waals surface area (Å²) < 4.78 is 1.14. The summed E-state index contributed by atoms with van der Waals surface area (Å²) in [7, 11) is 0. The van der Waals surface area contributed by atoms with Crippen LogP contribution >= 0.6 is 46.2 Å². The van der Waals surface area contributed by atoms with Crippen molar-refractivity contribution < 1.29 is 24.4 Å².